The van der Waals surface area contributed by atoms with Crippen molar-refractivity contribution in [1.29, 1.82) is 0 Å². The number of nitrogens with zero attached hydrogens (tertiary/aromatic N) is 1. The highest BCUT2D eigenvalue weighted by atomic mass is 32.1. The third-order valence-corrected chi connectivity index (χ3v) is 4.83. The first-order chi connectivity index (χ1) is 10.6. The summed E-state index contributed by atoms with van der Waals surface area (Å²) in [6.07, 6.45) is -0.314. The van der Waals surface area contributed by atoms with Crippen molar-refractivity contribution < 1.29 is 9.84 Å². The molecule has 0 bridgehead atoms. The van der Waals surface area contributed by atoms with Crippen molar-refractivity contribution in [3.63, 3.8) is 0 Å². The number of benzene rings is 1. The topological polar surface area (TPSA) is 32.7 Å². The number of aryl methyl sites for hydroxylation is 2. The number of hydrogen-bond donors (Lipinski definition) is 1. The smallest absolute Gasteiger partial charge is 0.0960 e. The predicted molar refractivity (Wildman–Crippen MR) is 90.3 cm³/mol. The fourth-order valence-electron chi connectivity index (χ4n) is 3.08. The molecule has 0 spiro atoms. The van der Waals surface area contributed by atoms with Crippen LogP contribution in [0.2, 0.25) is 0 Å². The van der Waals surface area contributed by atoms with Gasteiger partial charge in [-0.05, 0) is 41.8 Å². The third-order valence-electron chi connectivity index (χ3n) is 4.13. The van der Waals surface area contributed by atoms with Crippen LogP contribution in [0.1, 0.15) is 34.5 Å². The molecular formula is C18H23NO2S. The average Bonchev–Trinajstić information content (AvgIpc) is 3.00. The van der Waals surface area contributed by atoms with E-state index in [1.807, 2.05) is 0 Å². The normalized spacial score (nSPS) is 21.0. The minimum Gasteiger partial charge on any atom is -0.387 e. The van der Waals surface area contributed by atoms with Gasteiger partial charge in [0.1, 0.15) is 0 Å². The molecule has 0 amide bonds. The van der Waals surface area contributed by atoms with Gasteiger partial charge in [-0.3, -0.25) is 4.90 Å². The van der Waals surface area contributed by atoms with Crippen LogP contribution in [-0.4, -0.2) is 36.2 Å². The lowest BCUT2D eigenvalue weighted by Crippen LogP contribution is -2.40. The summed E-state index contributed by atoms with van der Waals surface area (Å²) in [5, 5.41) is 14.8. The van der Waals surface area contributed by atoms with Crippen molar-refractivity contribution in [1.82, 2.24) is 4.90 Å². The Labute approximate surface area is 136 Å². The Morgan fingerprint density at radius 2 is 2.09 bits per heavy atom. The second-order valence-corrected chi connectivity index (χ2v) is 6.89. The molecule has 118 valence electrons. The molecule has 0 radical (unpaired) electrons. The summed E-state index contributed by atoms with van der Waals surface area (Å²) < 4.78 is 5.86. The Morgan fingerprint density at radius 1 is 1.32 bits per heavy atom. The van der Waals surface area contributed by atoms with Gasteiger partial charge in [0.25, 0.3) is 0 Å². The lowest BCUT2D eigenvalue weighted by atomic mass is 10.0. The van der Waals surface area contributed by atoms with Crippen molar-refractivity contribution >= 4 is 11.3 Å². The standard InChI is InChI=1S/C18H23NO2S/c1-13-7-14(2)9-16(8-13)17(20)10-19-4-5-21-18(11-19)15-3-6-22-12-15/h3,6-9,12,17-18,20H,4-5,10-11H2,1-2H3. The Bertz CT molecular complexity index is 591. The maximum Gasteiger partial charge on any atom is 0.0960 e. The zero-order valence-electron chi connectivity index (χ0n) is 13.2. The lowest BCUT2D eigenvalue weighted by molar-refractivity contribution is -0.0422. The molecule has 0 saturated carbocycles. The van der Waals surface area contributed by atoms with Crippen molar-refractivity contribution in [2.75, 3.05) is 26.2 Å². The van der Waals surface area contributed by atoms with Crippen molar-refractivity contribution in [2.24, 2.45) is 0 Å². The van der Waals surface area contributed by atoms with Crippen LogP contribution in [0.15, 0.2) is 35.0 Å². The molecule has 1 aliphatic rings. The maximum absolute atomic E-state index is 10.6. The average molecular weight is 317 g/mol. The molecule has 2 atom stereocenters. The fourth-order valence-corrected chi connectivity index (χ4v) is 3.78. The minimum atomic E-state index is -0.445. The number of aliphatic hydroxyl groups excluding tert-OH is 1. The monoisotopic (exact) mass is 317 g/mol. The largest absolute Gasteiger partial charge is 0.387 e. The Hall–Kier alpha value is -1.20. The highest BCUT2D eigenvalue weighted by molar-refractivity contribution is 7.07. The van der Waals surface area contributed by atoms with E-state index < -0.39 is 6.10 Å². The molecule has 2 heterocycles. The molecule has 3 rings (SSSR count). The number of hydrogen-bond acceptors (Lipinski definition) is 4. The summed E-state index contributed by atoms with van der Waals surface area (Å²) in [5.74, 6) is 0. The molecule has 1 aromatic heterocycles. The highest BCUT2D eigenvalue weighted by Gasteiger charge is 2.24. The van der Waals surface area contributed by atoms with E-state index in [2.05, 4.69) is 53.8 Å². The van der Waals surface area contributed by atoms with Gasteiger partial charge in [-0.15, -0.1) is 0 Å². The Kier molecular flexibility index (Phi) is 4.93. The van der Waals surface area contributed by atoms with Crippen LogP contribution < -0.4 is 0 Å². The molecule has 1 aromatic carbocycles. The first-order valence-electron chi connectivity index (χ1n) is 7.74. The Morgan fingerprint density at radius 3 is 2.77 bits per heavy atom. The van der Waals surface area contributed by atoms with E-state index in [9.17, 15) is 5.11 Å². The number of ether oxygens (including phenoxy) is 1. The summed E-state index contributed by atoms with van der Waals surface area (Å²) in [5.41, 5.74) is 4.66. The Balaban J connectivity index is 1.64. The van der Waals surface area contributed by atoms with E-state index >= 15 is 0 Å². The van der Waals surface area contributed by atoms with Crippen LogP contribution in [0.5, 0.6) is 0 Å². The van der Waals surface area contributed by atoms with Gasteiger partial charge in [0.2, 0.25) is 0 Å². The van der Waals surface area contributed by atoms with Crippen molar-refractivity contribution in [2.45, 2.75) is 26.1 Å². The summed E-state index contributed by atoms with van der Waals surface area (Å²) >= 11 is 1.70. The van der Waals surface area contributed by atoms with Gasteiger partial charge in [0, 0.05) is 19.6 Å². The van der Waals surface area contributed by atoms with Gasteiger partial charge in [-0.2, -0.15) is 11.3 Å². The van der Waals surface area contributed by atoms with Gasteiger partial charge in [-0.1, -0.05) is 29.3 Å². The molecule has 0 aliphatic carbocycles. The number of β-amino-alcohol motifs (C(OH)–C–C–N with tert-alkyl or cyclic N) is 1. The number of thiophene rings is 1. The zero-order chi connectivity index (χ0) is 15.5. The van der Waals surface area contributed by atoms with Crippen molar-refractivity contribution in [3.05, 3.63) is 57.3 Å². The molecular weight excluding hydrogens is 294 g/mol. The first-order valence-corrected chi connectivity index (χ1v) is 8.68. The molecule has 1 aliphatic heterocycles. The molecule has 2 aromatic rings. The SMILES string of the molecule is Cc1cc(C)cc(C(O)CN2CCOC(c3ccsc3)C2)c1. The van der Waals surface area contributed by atoms with Gasteiger partial charge in [0.05, 0.1) is 18.8 Å². The quantitative estimate of drug-likeness (QED) is 0.937. The molecule has 3 nitrogen and oxygen atoms in total. The van der Waals surface area contributed by atoms with E-state index in [-0.39, 0.29) is 6.10 Å². The highest BCUT2D eigenvalue weighted by Crippen LogP contribution is 2.26. The lowest BCUT2D eigenvalue weighted by Gasteiger charge is -2.34. The van der Waals surface area contributed by atoms with E-state index in [0.29, 0.717) is 6.54 Å². The van der Waals surface area contributed by atoms with Crippen LogP contribution in [0.25, 0.3) is 0 Å². The number of rotatable bonds is 4. The number of aliphatic hydroxyl groups is 1. The molecule has 1 saturated heterocycles. The van der Waals surface area contributed by atoms with E-state index in [4.69, 9.17) is 4.74 Å². The third kappa shape index (κ3) is 3.76. The summed E-state index contributed by atoms with van der Waals surface area (Å²) in [4.78, 5) is 2.30. The van der Waals surface area contributed by atoms with Crippen LogP contribution in [0, 0.1) is 13.8 Å². The molecule has 2 unspecified atom stereocenters. The predicted octanol–water partition coefficient (Wildman–Crippen LogP) is 3.47. The van der Waals surface area contributed by atoms with Crippen molar-refractivity contribution in [3.8, 4) is 0 Å². The second kappa shape index (κ2) is 6.92. The summed E-state index contributed by atoms with van der Waals surface area (Å²) in [7, 11) is 0. The summed E-state index contributed by atoms with van der Waals surface area (Å²) in [6.45, 7) is 7.25. The minimum absolute atomic E-state index is 0.131. The van der Waals surface area contributed by atoms with Crippen LogP contribution in [0.4, 0.5) is 0 Å². The molecule has 22 heavy (non-hydrogen) atoms. The van der Waals surface area contributed by atoms with Crippen LogP contribution in [0.3, 0.4) is 0 Å². The maximum atomic E-state index is 10.6. The number of morpholine rings is 1. The van der Waals surface area contributed by atoms with E-state index in [1.165, 1.54) is 16.7 Å². The van der Waals surface area contributed by atoms with Gasteiger partial charge < -0.3 is 9.84 Å². The zero-order valence-corrected chi connectivity index (χ0v) is 14.0. The summed E-state index contributed by atoms with van der Waals surface area (Å²) in [6, 6.07) is 8.42. The first kappa shape index (κ1) is 15.7. The van der Waals surface area contributed by atoms with Crippen LogP contribution in [-0.2, 0) is 4.74 Å². The second-order valence-electron chi connectivity index (χ2n) is 6.11. The van der Waals surface area contributed by atoms with Gasteiger partial charge in [0.15, 0.2) is 0 Å². The molecule has 4 heteroatoms. The van der Waals surface area contributed by atoms with E-state index in [0.717, 1.165) is 25.3 Å². The van der Waals surface area contributed by atoms with E-state index in [1.54, 1.807) is 11.3 Å². The molecule has 1 N–H and O–H groups in total. The molecule has 1 fully saturated rings. The van der Waals surface area contributed by atoms with Gasteiger partial charge in [-0.25, -0.2) is 0 Å². The fraction of sp³-hybridized carbons (Fsp3) is 0.444. The van der Waals surface area contributed by atoms with Gasteiger partial charge >= 0.3 is 0 Å². The van der Waals surface area contributed by atoms with Crippen LogP contribution >= 0.6 is 11.3 Å².